The Morgan fingerprint density at radius 2 is 2.20 bits per heavy atom. The van der Waals surface area contributed by atoms with Crippen LogP contribution >= 0.6 is 11.6 Å². The largest absolute Gasteiger partial charge is 0.339 e. The molecule has 0 aliphatic heterocycles. The van der Waals surface area contributed by atoms with Gasteiger partial charge in [0.1, 0.15) is 5.15 Å². The average Bonchev–Trinajstić information content (AvgIpc) is 2.97. The van der Waals surface area contributed by atoms with Crippen molar-refractivity contribution in [3.8, 4) is 0 Å². The van der Waals surface area contributed by atoms with Crippen molar-refractivity contribution in [3.05, 3.63) is 28.5 Å². The average molecular weight is 225 g/mol. The standard InChI is InChI=1S/C11H13ClN2O/c1-7-5-8(6-10(12)13-7)11(15)14(2)9-3-4-9/h5-6,9H,3-4H2,1-2H3. The molecule has 15 heavy (non-hydrogen) atoms. The van der Waals surface area contributed by atoms with E-state index < -0.39 is 0 Å². The number of nitrogens with zero attached hydrogens (tertiary/aromatic N) is 2. The third-order valence-electron chi connectivity index (χ3n) is 2.58. The van der Waals surface area contributed by atoms with Crippen molar-refractivity contribution in [2.24, 2.45) is 0 Å². The van der Waals surface area contributed by atoms with Gasteiger partial charge in [0.15, 0.2) is 0 Å². The number of amides is 1. The van der Waals surface area contributed by atoms with Crippen LogP contribution in [0.15, 0.2) is 12.1 Å². The second-order valence-corrected chi connectivity index (χ2v) is 4.35. The molecule has 80 valence electrons. The van der Waals surface area contributed by atoms with Gasteiger partial charge in [-0.1, -0.05) is 11.6 Å². The first-order chi connectivity index (χ1) is 7.08. The number of aryl methyl sites for hydroxylation is 1. The van der Waals surface area contributed by atoms with Gasteiger partial charge in [0.05, 0.1) is 0 Å². The van der Waals surface area contributed by atoms with Gasteiger partial charge in [-0.05, 0) is 31.9 Å². The Labute approximate surface area is 94.1 Å². The van der Waals surface area contributed by atoms with Crippen molar-refractivity contribution in [2.75, 3.05) is 7.05 Å². The first kappa shape index (κ1) is 10.4. The summed E-state index contributed by atoms with van der Waals surface area (Å²) in [7, 11) is 1.84. The number of halogens is 1. The Kier molecular flexibility index (Phi) is 2.65. The number of hydrogen-bond donors (Lipinski definition) is 0. The topological polar surface area (TPSA) is 33.2 Å². The van der Waals surface area contributed by atoms with Gasteiger partial charge in [0.25, 0.3) is 5.91 Å². The van der Waals surface area contributed by atoms with Crippen LogP contribution in [-0.4, -0.2) is 28.9 Å². The normalized spacial score (nSPS) is 15.1. The van der Waals surface area contributed by atoms with Crippen LogP contribution in [-0.2, 0) is 0 Å². The predicted octanol–water partition coefficient (Wildman–Crippen LogP) is 2.28. The molecule has 0 saturated heterocycles. The van der Waals surface area contributed by atoms with Crippen molar-refractivity contribution in [3.63, 3.8) is 0 Å². The molecule has 0 atom stereocenters. The molecule has 0 aromatic carbocycles. The van der Waals surface area contributed by atoms with Gasteiger partial charge in [-0.25, -0.2) is 4.98 Å². The van der Waals surface area contributed by atoms with Crippen LogP contribution in [0.2, 0.25) is 5.15 Å². The van der Waals surface area contributed by atoms with E-state index in [1.54, 1.807) is 17.0 Å². The summed E-state index contributed by atoms with van der Waals surface area (Å²) >= 11 is 5.81. The number of aromatic nitrogens is 1. The molecule has 0 unspecified atom stereocenters. The van der Waals surface area contributed by atoms with E-state index in [2.05, 4.69) is 4.98 Å². The van der Waals surface area contributed by atoms with Crippen molar-refractivity contribution in [1.29, 1.82) is 0 Å². The molecule has 0 N–H and O–H groups in total. The van der Waals surface area contributed by atoms with E-state index in [1.807, 2.05) is 14.0 Å². The fraction of sp³-hybridized carbons (Fsp3) is 0.455. The summed E-state index contributed by atoms with van der Waals surface area (Å²) in [4.78, 5) is 17.8. The molecule has 0 spiro atoms. The van der Waals surface area contributed by atoms with Crippen LogP contribution in [0.5, 0.6) is 0 Å². The zero-order chi connectivity index (χ0) is 11.0. The van der Waals surface area contributed by atoms with Crippen molar-refractivity contribution < 1.29 is 4.79 Å². The molecule has 1 aromatic heterocycles. The van der Waals surface area contributed by atoms with E-state index in [1.165, 1.54) is 0 Å². The van der Waals surface area contributed by atoms with Gasteiger partial charge in [-0.3, -0.25) is 4.79 Å². The lowest BCUT2D eigenvalue weighted by Gasteiger charge is -2.16. The minimum atomic E-state index is 0.0323. The summed E-state index contributed by atoms with van der Waals surface area (Å²) in [5, 5.41) is 0.377. The zero-order valence-electron chi connectivity index (χ0n) is 8.83. The molecular formula is C11H13ClN2O. The van der Waals surface area contributed by atoms with Crippen molar-refractivity contribution in [1.82, 2.24) is 9.88 Å². The molecule has 2 rings (SSSR count). The molecule has 1 amide bonds. The van der Waals surface area contributed by atoms with Gasteiger partial charge in [0.2, 0.25) is 0 Å². The molecule has 1 fully saturated rings. The lowest BCUT2D eigenvalue weighted by molar-refractivity contribution is 0.0785. The molecule has 1 heterocycles. The highest BCUT2D eigenvalue weighted by atomic mass is 35.5. The summed E-state index contributed by atoms with van der Waals surface area (Å²) in [6, 6.07) is 3.81. The minimum absolute atomic E-state index is 0.0323. The van der Waals surface area contributed by atoms with E-state index in [0.717, 1.165) is 18.5 Å². The van der Waals surface area contributed by atoms with E-state index in [-0.39, 0.29) is 5.91 Å². The first-order valence-corrected chi connectivity index (χ1v) is 5.37. The maximum Gasteiger partial charge on any atom is 0.254 e. The lowest BCUT2D eigenvalue weighted by Crippen LogP contribution is -2.28. The molecule has 4 heteroatoms. The van der Waals surface area contributed by atoms with Gasteiger partial charge in [0, 0.05) is 24.3 Å². The zero-order valence-corrected chi connectivity index (χ0v) is 9.58. The smallest absolute Gasteiger partial charge is 0.254 e. The van der Waals surface area contributed by atoms with Gasteiger partial charge < -0.3 is 4.90 Å². The van der Waals surface area contributed by atoms with Gasteiger partial charge in [-0.15, -0.1) is 0 Å². The fourth-order valence-corrected chi connectivity index (χ4v) is 1.83. The second kappa shape index (κ2) is 3.81. The van der Waals surface area contributed by atoms with E-state index in [4.69, 9.17) is 11.6 Å². The van der Waals surface area contributed by atoms with E-state index >= 15 is 0 Å². The number of pyridine rings is 1. The summed E-state index contributed by atoms with van der Waals surface area (Å²) in [6.07, 6.45) is 2.22. The summed E-state index contributed by atoms with van der Waals surface area (Å²) in [5.74, 6) is 0.0323. The van der Waals surface area contributed by atoms with E-state index in [9.17, 15) is 4.79 Å². The Hall–Kier alpha value is -1.09. The number of rotatable bonds is 2. The quantitative estimate of drug-likeness (QED) is 0.723. The van der Waals surface area contributed by atoms with E-state index in [0.29, 0.717) is 16.8 Å². The molecule has 0 bridgehead atoms. The summed E-state index contributed by atoms with van der Waals surface area (Å²) < 4.78 is 0. The maximum absolute atomic E-state index is 12.0. The van der Waals surface area contributed by atoms with Crippen LogP contribution < -0.4 is 0 Å². The summed E-state index contributed by atoms with van der Waals surface area (Å²) in [6.45, 7) is 1.83. The van der Waals surface area contributed by atoms with Crippen LogP contribution in [0.1, 0.15) is 28.9 Å². The Morgan fingerprint density at radius 1 is 1.53 bits per heavy atom. The van der Waals surface area contributed by atoms with Gasteiger partial charge >= 0.3 is 0 Å². The summed E-state index contributed by atoms with van der Waals surface area (Å²) in [5.41, 5.74) is 1.40. The highest BCUT2D eigenvalue weighted by molar-refractivity contribution is 6.29. The fourth-order valence-electron chi connectivity index (χ4n) is 1.58. The SMILES string of the molecule is Cc1cc(C(=O)N(C)C2CC2)cc(Cl)n1. The Bertz CT molecular complexity index is 381. The molecule has 3 nitrogen and oxygen atoms in total. The molecular weight excluding hydrogens is 212 g/mol. The first-order valence-electron chi connectivity index (χ1n) is 4.99. The van der Waals surface area contributed by atoms with Gasteiger partial charge in [-0.2, -0.15) is 0 Å². The second-order valence-electron chi connectivity index (χ2n) is 3.97. The molecule has 1 aliphatic carbocycles. The van der Waals surface area contributed by atoms with Crippen molar-refractivity contribution >= 4 is 17.5 Å². The third kappa shape index (κ3) is 2.29. The van der Waals surface area contributed by atoms with Crippen LogP contribution in [0.25, 0.3) is 0 Å². The Balaban J connectivity index is 2.24. The molecule has 1 aliphatic rings. The van der Waals surface area contributed by atoms with Crippen LogP contribution in [0.4, 0.5) is 0 Å². The lowest BCUT2D eigenvalue weighted by atomic mass is 10.2. The molecule has 1 saturated carbocycles. The van der Waals surface area contributed by atoms with Crippen molar-refractivity contribution in [2.45, 2.75) is 25.8 Å². The Morgan fingerprint density at radius 3 is 2.73 bits per heavy atom. The molecule has 0 radical (unpaired) electrons. The highest BCUT2D eigenvalue weighted by Gasteiger charge is 2.30. The number of carbonyl (C=O) groups excluding carboxylic acids is 1. The molecule has 1 aromatic rings. The monoisotopic (exact) mass is 224 g/mol. The number of carbonyl (C=O) groups is 1. The van der Waals surface area contributed by atoms with Crippen LogP contribution in [0, 0.1) is 6.92 Å². The third-order valence-corrected chi connectivity index (χ3v) is 2.78. The van der Waals surface area contributed by atoms with Crippen LogP contribution in [0.3, 0.4) is 0 Å². The maximum atomic E-state index is 12.0. The predicted molar refractivity (Wildman–Crippen MR) is 59.1 cm³/mol. The minimum Gasteiger partial charge on any atom is -0.339 e. The number of hydrogen-bond acceptors (Lipinski definition) is 2. The highest BCUT2D eigenvalue weighted by Crippen LogP contribution is 2.27.